The zero-order chi connectivity index (χ0) is 13.2. The molecule has 2 aromatic rings. The number of fused-ring (bicyclic) bond motifs is 1. The standard InChI is InChI=1S/C14H13N3O2/c18-12-6-3-7-15-13(12)17-14(19)11-8-9-4-1-2-5-10(9)16-11/h1-7,11,16,18H,8H2,(H,15,17,19)/t11-/m0/s1. The molecule has 5 nitrogen and oxygen atoms in total. The normalized spacial score (nSPS) is 16.5. The molecule has 0 radical (unpaired) electrons. The van der Waals surface area contributed by atoms with Gasteiger partial charge in [-0.3, -0.25) is 4.79 Å². The summed E-state index contributed by atoms with van der Waals surface area (Å²) < 4.78 is 0. The highest BCUT2D eigenvalue weighted by molar-refractivity contribution is 5.98. The smallest absolute Gasteiger partial charge is 0.248 e. The lowest BCUT2D eigenvalue weighted by Crippen LogP contribution is -2.33. The Morgan fingerprint density at radius 3 is 2.95 bits per heavy atom. The first-order valence-electron chi connectivity index (χ1n) is 6.03. The number of carbonyl (C=O) groups excluding carboxylic acids is 1. The lowest BCUT2D eigenvalue weighted by atomic mass is 10.1. The number of amides is 1. The van der Waals surface area contributed by atoms with Gasteiger partial charge in [0.2, 0.25) is 5.91 Å². The van der Waals surface area contributed by atoms with Gasteiger partial charge in [-0.2, -0.15) is 0 Å². The Morgan fingerprint density at radius 1 is 1.32 bits per heavy atom. The van der Waals surface area contributed by atoms with Gasteiger partial charge in [-0.05, 0) is 23.8 Å². The van der Waals surface area contributed by atoms with Gasteiger partial charge in [0.15, 0.2) is 11.6 Å². The molecule has 96 valence electrons. The fourth-order valence-corrected chi connectivity index (χ4v) is 2.15. The summed E-state index contributed by atoms with van der Waals surface area (Å²) in [5.74, 6) is -0.0539. The highest BCUT2D eigenvalue weighted by Crippen LogP contribution is 2.26. The van der Waals surface area contributed by atoms with Gasteiger partial charge in [-0.15, -0.1) is 0 Å². The van der Waals surface area contributed by atoms with Gasteiger partial charge in [-0.1, -0.05) is 18.2 Å². The number of anilines is 2. The Kier molecular flexibility index (Phi) is 2.79. The van der Waals surface area contributed by atoms with Gasteiger partial charge in [-0.25, -0.2) is 4.98 Å². The largest absolute Gasteiger partial charge is 0.504 e. The Morgan fingerprint density at radius 2 is 2.16 bits per heavy atom. The zero-order valence-electron chi connectivity index (χ0n) is 10.1. The van der Waals surface area contributed by atoms with E-state index in [4.69, 9.17) is 0 Å². The predicted octanol–water partition coefficient (Wildman–Crippen LogP) is 1.76. The maximum atomic E-state index is 12.1. The molecule has 1 aliphatic heterocycles. The van der Waals surface area contributed by atoms with Gasteiger partial charge in [0.25, 0.3) is 0 Å². The number of benzene rings is 1. The van der Waals surface area contributed by atoms with E-state index in [0.29, 0.717) is 6.42 Å². The van der Waals surface area contributed by atoms with Crippen LogP contribution in [0.15, 0.2) is 42.6 Å². The highest BCUT2D eigenvalue weighted by atomic mass is 16.3. The average molecular weight is 255 g/mol. The van der Waals surface area contributed by atoms with Crippen LogP contribution in [0.25, 0.3) is 0 Å². The molecule has 0 fully saturated rings. The minimum absolute atomic E-state index is 0.0358. The van der Waals surface area contributed by atoms with Crippen molar-refractivity contribution < 1.29 is 9.90 Å². The molecule has 0 saturated carbocycles. The quantitative estimate of drug-likeness (QED) is 0.764. The van der Waals surface area contributed by atoms with Crippen LogP contribution in [0, 0.1) is 0 Å². The third-order valence-corrected chi connectivity index (χ3v) is 3.12. The topological polar surface area (TPSA) is 74.2 Å². The second-order valence-electron chi connectivity index (χ2n) is 4.42. The summed E-state index contributed by atoms with van der Waals surface area (Å²) >= 11 is 0. The second-order valence-corrected chi connectivity index (χ2v) is 4.42. The van der Waals surface area contributed by atoms with Crippen molar-refractivity contribution in [3.05, 3.63) is 48.2 Å². The van der Waals surface area contributed by atoms with Crippen LogP contribution in [-0.4, -0.2) is 22.0 Å². The van der Waals surface area contributed by atoms with Gasteiger partial charge in [0.1, 0.15) is 6.04 Å². The molecule has 1 aliphatic rings. The SMILES string of the molecule is O=C(Nc1ncccc1O)[C@@H]1Cc2ccccc2N1. The summed E-state index contributed by atoms with van der Waals surface area (Å²) in [5, 5.41) is 15.4. The van der Waals surface area contributed by atoms with Crippen LogP contribution in [0.2, 0.25) is 0 Å². The minimum Gasteiger partial charge on any atom is -0.504 e. The van der Waals surface area contributed by atoms with Crippen LogP contribution >= 0.6 is 0 Å². The molecule has 1 aromatic carbocycles. The summed E-state index contributed by atoms with van der Waals surface area (Å²) in [6, 6.07) is 10.6. The van der Waals surface area contributed by atoms with E-state index in [9.17, 15) is 9.90 Å². The summed E-state index contributed by atoms with van der Waals surface area (Å²) in [4.78, 5) is 16.0. The Labute approximate surface area is 110 Å². The third-order valence-electron chi connectivity index (χ3n) is 3.12. The third kappa shape index (κ3) is 2.22. The molecule has 0 unspecified atom stereocenters. The molecular formula is C14H13N3O2. The van der Waals surface area contributed by atoms with Crippen molar-refractivity contribution >= 4 is 17.4 Å². The number of carbonyl (C=O) groups is 1. The van der Waals surface area contributed by atoms with Crippen molar-refractivity contribution in [2.45, 2.75) is 12.5 Å². The number of para-hydroxylation sites is 1. The fraction of sp³-hybridized carbons (Fsp3) is 0.143. The lowest BCUT2D eigenvalue weighted by Gasteiger charge is -2.11. The number of aromatic nitrogens is 1. The van der Waals surface area contributed by atoms with E-state index in [1.165, 1.54) is 12.3 Å². The maximum Gasteiger partial charge on any atom is 0.248 e. The Bertz CT molecular complexity index is 603. The van der Waals surface area contributed by atoms with E-state index in [1.807, 2.05) is 24.3 Å². The fourth-order valence-electron chi connectivity index (χ4n) is 2.15. The summed E-state index contributed by atoms with van der Waals surface area (Å²) in [7, 11) is 0. The molecule has 0 spiro atoms. The molecule has 1 atom stereocenters. The summed E-state index contributed by atoms with van der Waals surface area (Å²) in [6.45, 7) is 0. The predicted molar refractivity (Wildman–Crippen MR) is 72.1 cm³/mol. The van der Waals surface area contributed by atoms with Gasteiger partial charge < -0.3 is 15.7 Å². The number of rotatable bonds is 2. The average Bonchev–Trinajstić information content (AvgIpc) is 2.85. The maximum absolute atomic E-state index is 12.1. The first kappa shape index (κ1) is 11.5. The Balaban J connectivity index is 1.72. The second kappa shape index (κ2) is 4.61. The minimum atomic E-state index is -0.334. The summed E-state index contributed by atoms with van der Waals surface area (Å²) in [5.41, 5.74) is 2.10. The highest BCUT2D eigenvalue weighted by Gasteiger charge is 2.26. The molecule has 3 N–H and O–H groups in total. The molecule has 2 heterocycles. The monoisotopic (exact) mass is 255 g/mol. The first-order valence-corrected chi connectivity index (χ1v) is 6.03. The van der Waals surface area contributed by atoms with Crippen LogP contribution in [0.1, 0.15) is 5.56 Å². The van der Waals surface area contributed by atoms with Crippen molar-refractivity contribution in [1.29, 1.82) is 0 Å². The zero-order valence-corrected chi connectivity index (χ0v) is 10.1. The number of aromatic hydroxyl groups is 1. The molecule has 1 amide bonds. The van der Waals surface area contributed by atoms with Crippen LogP contribution in [-0.2, 0) is 11.2 Å². The van der Waals surface area contributed by atoms with Crippen molar-refractivity contribution in [3.8, 4) is 5.75 Å². The number of nitrogens with zero attached hydrogens (tertiary/aromatic N) is 1. The van der Waals surface area contributed by atoms with E-state index in [1.54, 1.807) is 6.07 Å². The molecule has 0 saturated heterocycles. The van der Waals surface area contributed by atoms with Crippen molar-refractivity contribution in [2.75, 3.05) is 10.6 Å². The van der Waals surface area contributed by atoms with Crippen molar-refractivity contribution in [1.82, 2.24) is 4.98 Å². The van der Waals surface area contributed by atoms with Crippen LogP contribution in [0.4, 0.5) is 11.5 Å². The molecule has 19 heavy (non-hydrogen) atoms. The number of hydrogen-bond donors (Lipinski definition) is 3. The molecular weight excluding hydrogens is 242 g/mol. The molecule has 5 heteroatoms. The molecule has 3 rings (SSSR count). The van der Waals surface area contributed by atoms with E-state index in [2.05, 4.69) is 15.6 Å². The number of hydrogen-bond acceptors (Lipinski definition) is 4. The van der Waals surface area contributed by atoms with E-state index < -0.39 is 0 Å². The van der Waals surface area contributed by atoms with E-state index in [0.717, 1.165) is 11.3 Å². The Hall–Kier alpha value is -2.56. The van der Waals surface area contributed by atoms with Crippen LogP contribution < -0.4 is 10.6 Å². The molecule has 0 bridgehead atoms. The van der Waals surface area contributed by atoms with Crippen molar-refractivity contribution in [3.63, 3.8) is 0 Å². The number of nitrogens with one attached hydrogen (secondary N) is 2. The first-order chi connectivity index (χ1) is 9.24. The van der Waals surface area contributed by atoms with Gasteiger partial charge in [0.05, 0.1) is 0 Å². The number of pyridine rings is 1. The summed E-state index contributed by atoms with van der Waals surface area (Å²) in [6.07, 6.45) is 2.15. The van der Waals surface area contributed by atoms with Crippen molar-refractivity contribution in [2.24, 2.45) is 0 Å². The van der Waals surface area contributed by atoms with Crippen LogP contribution in [0.5, 0.6) is 5.75 Å². The van der Waals surface area contributed by atoms with Crippen LogP contribution in [0.3, 0.4) is 0 Å². The lowest BCUT2D eigenvalue weighted by molar-refractivity contribution is -0.116. The van der Waals surface area contributed by atoms with E-state index in [-0.39, 0.29) is 23.5 Å². The van der Waals surface area contributed by atoms with E-state index >= 15 is 0 Å². The molecule has 1 aromatic heterocycles. The van der Waals surface area contributed by atoms with Gasteiger partial charge in [0, 0.05) is 18.3 Å². The molecule has 0 aliphatic carbocycles. The van der Waals surface area contributed by atoms with Gasteiger partial charge >= 0.3 is 0 Å².